The van der Waals surface area contributed by atoms with E-state index in [2.05, 4.69) is 33.0 Å². The van der Waals surface area contributed by atoms with Crippen molar-refractivity contribution in [1.29, 1.82) is 0 Å². The first-order valence-corrected chi connectivity index (χ1v) is 9.83. The number of hydrogen-bond donors (Lipinski definition) is 1. The second-order valence-electron chi connectivity index (χ2n) is 7.18. The van der Waals surface area contributed by atoms with E-state index in [9.17, 15) is 13.2 Å². The van der Waals surface area contributed by atoms with Crippen molar-refractivity contribution in [3.05, 3.63) is 0 Å². The van der Waals surface area contributed by atoms with Crippen LogP contribution in [0.3, 0.4) is 0 Å². The first kappa shape index (κ1) is 18.4. The molecule has 1 N–H and O–H groups in total. The topological polar surface area (TPSA) is 66.5 Å². The number of rotatable bonds is 7. The maximum atomic E-state index is 12.6. The summed E-state index contributed by atoms with van der Waals surface area (Å²) in [6.45, 7) is 10.2. The smallest absolute Gasteiger partial charge is 0.241 e. The zero-order chi connectivity index (χ0) is 16.4. The van der Waals surface area contributed by atoms with E-state index >= 15 is 0 Å². The minimum absolute atomic E-state index is 0.0173. The molecule has 0 aromatic carbocycles. The number of carbonyl (C=O) groups excluding carboxylic acids is 1. The number of hydrogen-bond acceptors (Lipinski definition) is 4. The molecule has 6 heteroatoms. The molecule has 0 saturated carbocycles. The first-order chi connectivity index (χ1) is 9.51. The molecular weight excluding hydrogens is 288 g/mol. The highest BCUT2D eigenvalue weighted by molar-refractivity contribution is 7.90. The van der Waals surface area contributed by atoms with Crippen LogP contribution in [0.4, 0.5) is 0 Å². The van der Waals surface area contributed by atoms with E-state index < -0.39 is 9.84 Å². The second-order valence-corrected chi connectivity index (χ2v) is 9.37. The van der Waals surface area contributed by atoms with Crippen LogP contribution in [0.1, 0.15) is 47.5 Å². The third-order valence-corrected chi connectivity index (χ3v) is 4.79. The fourth-order valence-electron chi connectivity index (χ4n) is 3.03. The van der Waals surface area contributed by atoms with Crippen LogP contribution in [0.15, 0.2) is 0 Å². The molecule has 0 aromatic heterocycles. The van der Waals surface area contributed by atoms with Gasteiger partial charge in [-0.1, -0.05) is 27.7 Å². The summed E-state index contributed by atoms with van der Waals surface area (Å²) in [5, 5.41) is 3.40. The van der Waals surface area contributed by atoms with Crippen LogP contribution in [0.2, 0.25) is 0 Å². The van der Waals surface area contributed by atoms with Gasteiger partial charge in [-0.25, -0.2) is 8.42 Å². The van der Waals surface area contributed by atoms with E-state index in [0.29, 0.717) is 11.8 Å². The molecule has 0 bridgehead atoms. The van der Waals surface area contributed by atoms with E-state index in [1.54, 1.807) is 4.90 Å². The highest BCUT2D eigenvalue weighted by atomic mass is 32.2. The SMILES string of the molecule is CC(C)CC1NC(CC(C)C)N(C(C)CS(C)(=O)=O)C1=O. The molecule has 1 aliphatic rings. The Bertz CT molecular complexity index is 460. The Morgan fingerprint density at radius 1 is 1.10 bits per heavy atom. The molecule has 1 aliphatic heterocycles. The standard InChI is InChI=1S/C15H30N2O3S/c1-10(2)7-13-15(18)17(12(5)9-21(6,19)20)14(16-13)8-11(3)4/h10-14,16H,7-9H2,1-6H3. The summed E-state index contributed by atoms with van der Waals surface area (Å²) >= 11 is 0. The van der Waals surface area contributed by atoms with Crippen LogP contribution in [0.5, 0.6) is 0 Å². The average Bonchev–Trinajstić information content (AvgIpc) is 2.50. The van der Waals surface area contributed by atoms with E-state index in [1.807, 2.05) is 6.92 Å². The van der Waals surface area contributed by atoms with E-state index in [4.69, 9.17) is 0 Å². The monoisotopic (exact) mass is 318 g/mol. The van der Waals surface area contributed by atoms with Gasteiger partial charge in [-0.05, 0) is 31.6 Å². The van der Waals surface area contributed by atoms with Gasteiger partial charge in [0.25, 0.3) is 0 Å². The Morgan fingerprint density at radius 2 is 1.62 bits per heavy atom. The minimum Gasteiger partial charge on any atom is -0.322 e. The summed E-state index contributed by atoms with van der Waals surface area (Å²) in [5.74, 6) is 0.937. The van der Waals surface area contributed by atoms with Gasteiger partial charge < -0.3 is 4.90 Å². The maximum absolute atomic E-state index is 12.6. The molecule has 0 aliphatic carbocycles. The molecule has 3 atom stereocenters. The summed E-state index contributed by atoms with van der Waals surface area (Å²) in [6, 6.07) is -0.475. The van der Waals surface area contributed by atoms with E-state index in [-0.39, 0.29) is 29.9 Å². The predicted octanol–water partition coefficient (Wildman–Crippen LogP) is 1.64. The molecule has 124 valence electrons. The third-order valence-electron chi connectivity index (χ3n) is 3.70. The lowest BCUT2D eigenvalue weighted by Gasteiger charge is -2.31. The average molecular weight is 318 g/mol. The zero-order valence-corrected chi connectivity index (χ0v) is 14.9. The fraction of sp³-hybridized carbons (Fsp3) is 0.933. The second kappa shape index (κ2) is 7.09. The molecule has 0 spiro atoms. The lowest BCUT2D eigenvalue weighted by Crippen LogP contribution is -2.46. The van der Waals surface area contributed by atoms with Crippen molar-refractivity contribution in [1.82, 2.24) is 10.2 Å². The van der Waals surface area contributed by atoms with Gasteiger partial charge in [-0.2, -0.15) is 0 Å². The number of carbonyl (C=O) groups is 1. The predicted molar refractivity (Wildman–Crippen MR) is 85.6 cm³/mol. The molecule has 1 fully saturated rings. The minimum atomic E-state index is -3.10. The Kier molecular flexibility index (Phi) is 6.23. The first-order valence-electron chi connectivity index (χ1n) is 7.77. The maximum Gasteiger partial charge on any atom is 0.241 e. The number of sulfone groups is 1. The number of amides is 1. The molecule has 5 nitrogen and oxygen atoms in total. The molecule has 0 aromatic rings. The Labute approximate surface area is 129 Å². The number of nitrogens with one attached hydrogen (secondary N) is 1. The molecule has 1 heterocycles. The largest absolute Gasteiger partial charge is 0.322 e. The lowest BCUT2D eigenvalue weighted by molar-refractivity contribution is -0.132. The summed E-state index contributed by atoms with van der Waals surface area (Å²) in [7, 11) is -3.10. The van der Waals surface area contributed by atoms with Crippen LogP contribution < -0.4 is 5.32 Å². The summed E-state index contributed by atoms with van der Waals surface area (Å²) in [5.41, 5.74) is 0. The molecule has 1 saturated heterocycles. The van der Waals surface area contributed by atoms with E-state index in [0.717, 1.165) is 12.8 Å². The molecule has 1 amide bonds. The Morgan fingerprint density at radius 3 is 2.05 bits per heavy atom. The highest BCUT2D eigenvalue weighted by Gasteiger charge is 2.41. The lowest BCUT2D eigenvalue weighted by atomic mass is 10.0. The van der Waals surface area contributed by atoms with Gasteiger partial charge in [-0.3, -0.25) is 10.1 Å². The van der Waals surface area contributed by atoms with Crippen LogP contribution in [-0.2, 0) is 14.6 Å². The Hall–Kier alpha value is -0.620. The third kappa shape index (κ3) is 5.58. The van der Waals surface area contributed by atoms with Gasteiger partial charge in [0.15, 0.2) is 0 Å². The van der Waals surface area contributed by atoms with Crippen molar-refractivity contribution in [3.63, 3.8) is 0 Å². The molecular formula is C15H30N2O3S. The van der Waals surface area contributed by atoms with Crippen molar-refractivity contribution < 1.29 is 13.2 Å². The van der Waals surface area contributed by atoms with Crippen molar-refractivity contribution in [3.8, 4) is 0 Å². The zero-order valence-electron chi connectivity index (χ0n) is 14.1. The van der Waals surface area contributed by atoms with Crippen LogP contribution >= 0.6 is 0 Å². The van der Waals surface area contributed by atoms with Crippen molar-refractivity contribution >= 4 is 15.7 Å². The van der Waals surface area contributed by atoms with Crippen LogP contribution in [0.25, 0.3) is 0 Å². The van der Waals surface area contributed by atoms with Gasteiger partial charge in [0.2, 0.25) is 5.91 Å². The van der Waals surface area contributed by atoms with Gasteiger partial charge in [0.05, 0.1) is 18.0 Å². The van der Waals surface area contributed by atoms with Crippen molar-refractivity contribution in [2.45, 2.75) is 65.7 Å². The van der Waals surface area contributed by atoms with Crippen LogP contribution in [0, 0.1) is 11.8 Å². The van der Waals surface area contributed by atoms with E-state index in [1.165, 1.54) is 6.26 Å². The van der Waals surface area contributed by atoms with Crippen LogP contribution in [-0.4, -0.2) is 49.5 Å². The van der Waals surface area contributed by atoms with Gasteiger partial charge in [0, 0.05) is 12.3 Å². The molecule has 0 radical (unpaired) electrons. The van der Waals surface area contributed by atoms with Gasteiger partial charge in [-0.15, -0.1) is 0 Å². The van der Waals surface area contributed by atoms with Gasteiger partial charge in [0.1, 0.15) is 9.84 Å². The van der Waals surface area contributed by atoms with Crippen molar-refractivity contribution in [2.75, 3.05) is 12.0 Å². The van der Waals surface area contributed by atoms with Crippen molar-refractivity contribution in [2.24, 2.45) is 11.8 Å². The quantitative estimate of drug-likeness (QED) is 0.775. The van der Waals surface area contributed by atoms with Gasteiger partial charge >= 0.3 is 0 Å². The fourth-order valence-corrected chi connectivity index (χ4v) is 4.07. The summed E-state index contributed by atoms with van der Waals surface area (Å²) < 4.78 is 23.1. The summed E-state index contributed by atoms with van der Waals surface area (Å²) in [6.07, 6.45) is 2.79. The Balaban J connectivity index is 2.91. The molecule has 1 rings (SSSR count). The normalized spacial score (nSPS) is 25.1. The molecule has 3 unspecified atom stereocenters. The summed E-state index contributed by atoms with van der Waals surface area (Å²) in [4.78, 5) is 14.4. The molecule has 21 heavy (non-hydrogen) atoms. The highest BCUT2D eigenvalue weighted by Crippen LogP contribution is 2.24. The number of nitrogens with zero attached hydrogens (tertiary/aromatic N) is 1.